The van der Waals surface area contributed by atoms with Gasteiger partial charge in [0.25, 0.3) is 0 Å². The Hall–Kier alpha value is -1.84. The molecular formula is C20H28NO2+. The standard InChI is InChI=1S/C20H27NO2/c1-16-13-17(2)18(3)20(14-16)23-12-11-22-10-9-21-15-19-7-5-4-6-8-19/h4-8,13-14,21H,9-12,15H2,1-3H3/p+1. The van der Waals surface area contributed by atoms with Crippen molar-refractivity contribution in [1.82, 2.24) is 0 Å². The molecule has 3 heteroatoms. The topological polar surface area (TPSA) is 35.1 Å². The quantitative estimate of drug-likeness (QED) is 0.722. The van der Waals surface area contributed by atoms with Crippen LogP contribution in [-0.2, 0) is 11.3 Å². The molecule has 0 amide bonds. The summed E-state index contributed by atoms with van der Waals surface area (Å²) in [4.78, 5) is 0. The van der Waals surface area contributed by atoms with E-state index in [0.717, 1.165) is 25.4 Å². The lowest BCUT2D eigenvalue weighted by Gasteiger charge is -2.12. The molecule has 2 aromatic rings. The molecule has 2 N–H and O–H groups in total. The number of rotatable bonds is 9. The first kappa shape index (κ1) is 17.5. The van der Waals surface area contributed by atoms with Crippen LogP contribution in [-0.4, -0.2) is 26.4 Å². The molecule has 2 rings (SSSR count). The molecule has 0 aliphatic rings. The maximum Gasteiger partial charge on any atom is 0.122 e. The Balaban J connectivity index is 1.56. The first-order chi connectivity index (χ1) is 11.2. The van der Waals surface area contributed by atoms with Crippen molar-refractivity contribution in [2.24, 2.45) is 0 Å². The van der Waals surface area contributed by atoms with E-state index < -0.39 is 0 Å². The van der Waals surface area contributed by atoms with E-state index in [1.165, 1.54) is 22.3 Å². The van der Waals surface area contributed by atoms with Crippen molar-refractivity contribution in [1.29, 1.82) is 0 Å². The molecule has 0 bridgehead atoms. The normalized spacial score (nSPS) is 10.7. The van der Waals surface area contributed by atoms with Gasteiger partial charge in [-0.2, -0.15) is 0 Å². The highest BCUT2D eigenvalue weighted by Gasteiger charge is 2.03. The molecule has 3 nitrogen and oxygen atoms in total. The fourth-order valence-corrected chi connectivity index (χ4v) is 2.51. The zero-order valence-corrected chi connectivity index (χ0v) is 14.5. The van der Waals surface area contributed by atoms with Crippen molar-refractivity contribution in [3.63, 3.8) is 0 Å². The molecule has 0 saturated carbocycles. The molecule has 0 spiro atoms. The minimum Gasteiger partial charge on any atom is -0.491 e. The van der Waals surface area contributed by atoms with Crippen LogP contribution in [0.4, 0.5) is 0 Å². The summed E-state index contributed by atoms with van der Waals surface area (Å²) in [6.45, 7) is 10.3. The van der Waals surface area contributed by atoms with Crippen LogP contribution in [0.3, 0.4) is 0 Å². The Morgan fingerprint density at radius 3 is 2.48 bits per heavy atom. The molecule has 0 heterocycles. The third-order valence-electron chi connectivity index (χ3n) is 3.94. The van der Waals surface area contributed by atoms with Gasteiger partial charge in [-0.25, -0.2) is 0 Å². The van der Waals surface area contributed by atoms with Crippen molar-refractivity contribution in [2.45, 2.75) is 27.3 Å². The lowest BCUT2D eigenvalue weighted by atomic mass is 10.1. The summed E-state index contributed by atoms with van der Waals surface area (Å²) < 4.78 is 11.5. The molecule has 0 atom stereocenters. The number of benzene rings is 2. The maximum atomic E-state index is 5.84. The first-order valence-corrected chi connectivity index (χ1v) is 8.31. The van der Waals surface area contributed by atoms with E-state index in [9.17, 15) is 0 Å². The molecular weight excluding hydrogens is 286 g/mol. The zero-order valence-electron chi connectivity index (χ0n) is 14.5. The predicted molar refractivity (Wildman–Crippen MR) is 93.9 cm³/mol. The molecule has 0 fully saturated rings. The number of nitrogens with two attached hydrogens (primary N) is 1. The minimum absolute atomic E-state index is 0.600. The van der Waals surface area contributed by atoms with Crippen LogP contribution in [0.2, 0.25) is 0 Å². The predicted octanol–water partition coefficient (Wildman–Crippen LogP) is 2.77. The van der Waals surface area contributed by atoms with Gasteiger partial charge in [0.05, 0.1) is 19.8 Å². The smallest absolute Gasteiger partial charge is 0.122 e. The summed E-state index contributed by atoms with van der Waals surface area (Å²) in [5.41, 5.74) is 5.07. The van der Waals surface area contributed by atoms with Gasteiger partial charge in [0, 0.05) is 5.56 Å². The Labute approximate surface area is 139 Å². The second kappa shape index (κ2) is 9.33. The van der Waals surface area contributed by atoms with Gasteiger partial charge in [-0.05, 0) is 43.5 Å². The van der Waals surface area contributed by atoms with E-state index in [1.807, 2.05) is 6.07 Å². The fourth-order valence-electron chi connectivity index (χ4n) is 2.51. The van der Waals surface area contributed by atoms with Gasteiger partial charge in [-0.15, -0.1) is 0 Å². The van der Waals surface area contributed by atoms with Crippen molar-refractivity contribution < 1.29 is 14.8 Å². The summed E-state index contributed by atoms with van der Waals surface area (Å²) in [5.74, 6) is 0.974. The Morgan fingerprint density at radius 1 is 0.913 bits per heavy atom. The fraction of sp³-hybridized carbons (Fsp3) is 0.400. The van der Waals surface area contributed by atoms with Gasteiger partial charge in [-0.3, -0.25) is 0 Å². The molecule has 23 heavy (non-hydrogen) atoms. The number of quaternary nitrogens is 1. The number of ether oxygens (including phenoxy) is 2. The van der Waals surface area contributed by atoms with Crippen molar-refractivity contribution in [3.8, 4) is 5.75 Å². The van der Waals surface area contributed by atoms with Crippen molar-refractivity contribution in [3.05, 3.63) is 64.7 Å². The lowest BCUT2D eigenvalue weighted by molar-refractivity contribution is -0.672. The van der Waals surface area contributed by atoms with Crippen LogP contribution in [0, 0.1) is 20.8 Å². The van der Waals surface area contributed by atoms with Crippen LogP contribution in [0.5, 0.6) is 5.75 Å². The number of hydrogen-bond donors (Lipinski definition) is 1. The first-order valence-electron chi connectivity index (χ1n) is 8.31. The molecule has 124 valence electrons. The molecule has 0 aliphatic heterocycles. The largest absolute Gasteiger partial charge is 0.491 e. The summed E-state index contributed by atoms with van der Waals surface area (Å²) >= 11 is 0. The summed E-state index contributed by atoms with van der Waals surface area (Å²) in [6, 6.07) is 14.8. The Bertz CT molecular complexity index is 596. The highest BCUT2D eigenvalue weighted by Crippen LogP contribution is 2.23. The van der Waals surface area contributed by atoms with Crippen LogP contribution in [0.25, 0.3) is 0 Å². The molecule has 0 radical (unpaired) electrons. The van der Waals surface area contributed by atoms with Gasteiger partial charge in [0.15, 0.2) is 0 Å². The summed E-state index contributed by atoms with van der Waals surface area (Å²) in [7, 11) is 0. The third-order valence-corrected chi connectivity index (χ3v) is 3.94. The van der Waals surface area contributed by atoms with Gasteiger partial charge >= 0.3 is 0 Å². The Morgan fingerprint density at radius 2 is 1.70 bits per heavy atom. The Kier molecular flexibility index (Phi) is 7.11. The number of aryl methyl sites for hydroxylation is 2. The molecule has 0 aliphatic carbocycles. The second-order valence-electron chi connectivity index (χ2n) is 5.93. The van der Waals surface area contributed by atoms with Crippen LogP contribution in [0.1, 0.15) is 22.3 Å². The molecule has 2 aromatic carbocycles. The van der Waals surface area contributed by atoms with E-state index >= 15 is 0 Å². The van der Waals surface area contributed by atoms with Gasteiger partial charge < -0.3 is 14.8 Å². The highest BCUT2D eigenvalue weighted by molar-refractivity contribution is 5.41. The third kappa shape index (κ3) is 6.05. The van der Waals surface area contributed by atoms with Crippen molar-refractivity contribution in [2.75, 3.05) is 26.4 Å². The highest BCUT2D eigenvalue weighted by atomic mass is 16.5. The molecule has 0 saturated heterocycles. The van der Waals surface area contributed by atoms with Crippen LogP contribution in [0.15, 0.2) is 42.5 Å². The van der Waals surface area contributed by atoms with E-state index in [2.05, 4.69) is 62.5 Å². The molecule has 0 unspecified atom stereocenters. The van der Waals surface area contributed by atoms with Crippen LogP contribution >= 0.6 is 0 Å². The second-order valence-corrected chi connectivity index (χ2v) is 5.93. The zero-order chi connectivity index (χ0) is 16.5. The average Bonchev–Trinajstić information content (AvgIpc) is 2.55. The summed E-state index contributed by atoms with van der Waals surface area (Å²) in [6.07, 6.45) is 0. The van der Waals surface area contributed by atoms with Gasteiger partial charge in [0.2, 0.25) is 0 Å². The van der Waals surface area contributed by atoms with Crippen LogP contribution < -0.4 is 10.1 Å². The summed E-state index contributed by atoms with van der Waals surface area (Å²) in [5, 5.41) is 2.27. The SMILES string of the molecule is Cc1cc(C)c(C)c(OCCOCC[NH2+]Cc2ccccc2)c1. The number of hydrogen-bond acceptors (Lipinski definition) is 2. The van der Waals surface area contributed by atoms with Gasteiger partial charge in [-0.1, -0.05) is 36.4 Å². The average molecular weight is 314 g/mol. The van der Waals surface area contributed by atoms with E-state index in [0.29, 0.717) is 13.2 Å². The van der Waals surface area contributed by atoms with Crippen molar-refractivity contribution >= 4 is 0 Å². The van der Waals surface area contributed by atoms with E-state index in [1.54, 1.807) is 0 Å². The maximum absolute atomic E-state index is 5.84. The van der Waals surface area contributed by atoms with Gasteiger partial charge in [0.1, 0.15) is 18.9 Å². The van der Waals surface area contributed by atoms with E-state index in [4.69, 9.17) is 9.47 Å². The monoisotopic (exact) mass is 314 g/mol. The minimum atomic E-state index is 0.600. The van der Waals surface area contributed by atoms with E-state index in [-0.39, 0.29) is 0 Å². The molecule has 0 aromatic heterocycles. The lowest BCUT2D eigenvalue weighted by Crippen LogP contribution is -2.83.